The van der Waals surface area contributed by atoms with Gasteiger partial charge in [-0.3, -0.25) is 4.68 Å². The van der Waals surface area contributed by atoms with Crippen LogP contribution in [0.2, 0.25) is 0 Å². The summed E-state index contributed by atoms with van der Waals surface area (Å²) < 4.78 is 7.67. The minimum absolute atomic E-state index is 0.556. The second-order valence-electron chi connectivity index (χ2n) is 5.78. The molecule has 1 atom stereocenters. The third-order valence-electron chi connectivity index (χ3n) is 4.38. The van der Waals surface area contributed by atoms with Crippen molar-refractivity contribution in [2.45, 2.75) is 39.2 Å². The highest BCUT2D eigenvalue weighted by Gasteiger charge is 2.22. The van der Waals surface area contributed by atoms with Crippen molar-refractivity contribution < 1.29 is 9.84 Å². The van der Waals surface area contributed by atoms with Crippen molar-refractivity contribution in [1.29, 1.82) is 0 Å². The molecule has 2 aromatic rings. The molecule has 4 heteroatoms. The van der Waals surface area contributed by atoms with Crippen LogP contribution in [-0.4, -0.2) is 21.5 Å². The number of para-hydroxylation sites is 1. The van der Waals surface area contributed by atoms with Gasteiger partial charge in [-0.15, -0.1) is 0 Å². The van der Waals surface area contributed by atoms with Crippen LogP contribution in [0.3, 0.4) is 0 Å². The first kappa shape index (κ1) is 14.1. The van der Waals surface area contributed by atoms with E-state index in [0.717, 1.165) is 47.7 Å². The molecule has 0 fully saturated rings. The number of aromatic nitrogens is 2. The molecule has 1 N–H and O–H groups in total. The van der Waals surface area contributed by atoms with E-state index < -0.39 is 6.10 Å². The average Bonchev–Trinajstić information content (AvgIpc) is 2.73. The summed E-state index contributed by atoms with van der Waals surface area (Å²) in [5.41, 5.74) is 5.32. The predicted octanol–water partition coefficient (Wildman–Crippen LogP) is 2.64. The maximum atomic E-state index is 10.7. The summed E-state index contributed by atoms with van der Waals surface area (Å²) in [4.78, 5) is 0. The van der Waals surface area contributed by atoms with Crippen molar-refractivity contribution in [1.82, 2.24) is 9.78 Å². The lowest BCUT2D eigenvalue weighted by atomic mass is 9.95. The van der Waals surface area contributed by atoms with Gasteiger partial charge in [0.15, 0.2) is 0 Å². The van der Waals surface area contributed by atoms with E-state index in [0.29, 0.717) is 6.42 Å². The Morgan fingerprint density at radius 1 is 1.38 bits per heavy atom. The molecule has 1 aromatic carbocycles. The SMILES string of the molecule is Cc1nn(C)c(C)c1CC(O)c1cccc2c1OCCC2. The third kappa shape index (κ3) is 2.56. The second-order valence-corrected chi connectivity index (χ2v) is 5.78. The molecule has 0 saturated carbocycles. The van der Waals surface area contributed by atoms with Gasteiger partial charge in [-0.05, 0) is 37.8 Å². The Hall–Kier alpha value is -1.81. The molecule has 0 saturated heterocycles. The first-order chi connectivity index (χ1) is 10.1. The van der Waals surface area contributed by atoms with Gasteiger partial charge in [-0.2, -0.15) is 5.10 Å². The van der Waals surface area contributed by atoms with E-state index in [1.807, 2.05) is 37.7 Å². The first-order valence-electron chi connectivity index (χ1n) is 7.49. The fourth-order valence-electron chi connectivity index (χ4n) is 3.09. The summed E-state index contributed by atoms with van der Waals surface area (Å²) >= 11 is 0. The van der Waals surface area contributed by atoms with Crippen LogP contribution in [0, 0.1) is 13.8 Å². The molecule has 1 aliphatic rings. The zero-order chi connectivity index (χ0) is 15.0. The van der Waals surface area contributed by atoms with Gasteiger partial charge in [-0.25, -0.2) is 0 Å². The zero-order valence-corrected chi connectivity index (χ0v) is 12.9. The molecule has 0 aliphatic carbocycles. The summed E-state index contributed by atoms with van der Waals surface area (Å²) in [6.07, 6.45) is 2.10. The molecular formula is C17H22N2O2. The topological polar surface area (TPSA) is 47.3 Å². The van der Waals surface area contributed by atoms with Gasteiger partial charge in [0.05, 0.1) is 18.4 Å². The molecule has 21 heavy (non-hydrogen) atoms. The van der Waals surface area contributed by atoms with Crippen LogP contribution in [0.5, 0.6) is 5.75 Å². The summed E-state index contributed by atoms with van der Waals surface area (Å²) in [6, 6.07) is 6.07. The number of hydrogen-bond donors (Lipinski definition) is 1. The smallest absolute Gasteiger partial charge is 0.128 e. The monoisotopic (exact) mass is 286 g/mol. The van der Waals surface area contributed by atoms with E-state index in [-0.39, 0.29) is 0 Å². The Morgan fingerprint density at radius 3 is 2.90 bits per heavy atom. The van der Waals surface area contributed by atoms with Crippen LogP contribution < -0.4 is 4.74 Å². The lowest BCUT2D eigenvalue weighted by Crippen LogP contribution is -2.13. The summed E-state index contributed by atoms with van der Waals surface area (Å²) in [5.74, 6) is 0.885. The van der Waals surface area contributed by atoms with Gasteiger partial charge in [0, 0.05) is 24.7 Å². The van der Waals surface area contributed by atoms with Gasteiger partial charge < -0.3 is 9.84 Å². The number of hydrogen-bond acceptors (Lipinski definition) is 3. The highest BCUT2D eigenvalue weighted by molar-refractivity contribution is 5.44. The lowest BCUT2D eigenvalue weighted by Gasteiger charge is -2.23. The number of ether oxygens (including phenoxy) is 1. The summed E-state index contributed by atoms with van der Waals surface area (Å²) in [5, 5.41) is 15.1. The van der Waals surface area contributed by atoms with Crippen LogP contribution in [-0.2, 0) is 19.9 Å². The van der Waals surface area contributed by atoms with E-state index in [9.17, 15) is 5.11 Å². The van der Waals surface area contributed by atoms with Gasteiger partial charge in [0.2, 0.25) is 0 Å². The maximum absolute atomic E-state index is 10.7. The quantitative estimate of drug-likeness (QED) is 0.943. The van der Waals surface area contributed by atoms with E-state index in [1.165, 1.54) is 5.56 Å². The van der Waals surface area contributed by atoms with E-state index in [2.05, 4.69) is 11.2 Å². The van der Waals surface area contributed by atoms with Crippen molar-refractivity contribution in [3.63, 3.8) is 0 Å². The number of aliphatic hydroxyl groups is 1. The van der Waals surface area contributed by atoms with Crippen molar-refractivity contribution in [3.8, 4) is 5.75 Å². The van der Waals surface area contributed by atoms with Gasteiger partial charge >= 0.3 is 0 Å². The molecule has 1 unspecified atom stereocenters. The third-order valence-corrected chi connectivity index (χ3v) is 4.38. The molecule has 2 heterocycles. The number of rotatable bonds is 3. The highest BCUT2D eigenvalue weighted by Crippen LogP contribution is 2.34. The van der Waals surface area contributed by atoms with E-state index >= 15 is 0 Å². The number of nitrogens with zero attached hydrogens (tertiary/aromatic N) is 2. The Labute approximate surface area is 125 Å². The molecule has 0 spiro atoms. The van der Waals surface area contributed by atoms with Crippen LogP contribution in [0.1, 0.15) is 40.6 Å². The molecule has 3 rings (SSSR count). The molecule has 1 aliphatic heterocycles. The van der Waals surface area contributed by atoms with Gasteiger partial charge in [0.1, 0.15) is 5.75 Å². The van der Waals surface area contributed by atoms with Crippen molar-refractivity contribution in [2.75, 3.05) is 6.61 Å². The summed E-state index contributed by atoms with van der Waals surface area (Å²) in [6.45, 7) is 4.77. The van der Waals surface area contributed by atoms with Crippen LogP contribution in [0.4, 0.5) is 0 Å². The Morgan fingerprint density at radius 2 is 2.19 bits per heavy atom. The molecule has 112 valence electrons. The highest BCUT2D eigenvalue weighted by atomic mass is 16.5. The minimum Gasteiger partial charge on any atom is -0.493 e. The van der Waals surface area contributed by atoms with Crippen molar-refractivity contribution in [3.05, 3.63) is 46.3 Å². The van der Waals surface area contributed by atoms with Crippen LogP contribution in [0.15, 0.2) is 18.2 Å². The van der Waals surface area contributed by atoms with Gasteiger partial charge in [-0.1, -0.05) is 18.2 Å². The Balaban J connectivity index is 1.91. The second kappa shape index (κ2) is 5.53. The number of aliphatic hydroxyl groups excluding tert-OH is 1. The Kier molecular flexibility index (Phi) is 3.72. The van der Waals surface area contributed by atoms with Gasteiger partial charge in [0.25, 0.3) is 0 Å². The summed E-state index contributed by atoms with van der Waals surface area (Å²) in [7, 11) is 1.94. The fraction of sp³-hybridized carbons (Fsp3) is 0.471. The largest absolute Gasteiger partial charge is 0.493 e. The average molecular weight is 286 g/mol. The Bertz CT molecular complexity index is 661. The molecule has 0 bridgehead atoms. The maximum Gasteiger partial charge on any atom is 0.128 e. The van der Waals surface area contributed by atoms with E-state index in [1.54, 1.807) is 0 Å². The zero-order valence-electron chi connectivity index (χ0n) is 12.9. The minimum atomic E-state index is -0.556. The van der Waals surface area contributed by atoms with Crippen molar-refractivity contribution >= 4 is 0 Å². The standard InChI is InChI=1S/C17H22N2O2/c1-11-15(12(2)19(3)18-11)10-16(20)14-8-4-6-13-7-5-9-21-17(13)14/h4,6,8,16,20H,5,7,9-10H2,1-3H3. The molecular weight excluding hydrogens is 264 g/mol. The normalized spacial score (nSPS) is 15.4. The molecule has 1 aromatic heterocycles. The predicted molar refractivity (Wildman–Crippen MR) is 81.6 cm³/mol. The molecule has 4 nitrogen and oxygen atoms in total. The number of benzene rings is 1. The van der Waals surface area contributed by atoms with Crippen molar-refractivity contribution in [2.24, 2.45) is 7.05 Å². The first-order valence-corrected chi connectivity index (χ1v) is 7.49. The van der Waals surface area contributed by atoms with Crippen LogP contribution >= 0.6 is 0 Å². The molecule has 0 radical (unpaired) electrons. The molecule has 0 amide bonds. The lowest BCUT2D eigenvalue weighted by molar-refractivity contribution is 0.169. The number of aryl methyl sites for hydroxylation is 3. The van der Waals surface area contributed by atoms with Crippen LogP contribution in [0.25, 0.3) is 0 Å². The van der Waals surface area contributed by atoms with E-state index in [4.69, 9.17) is 4.74 Å². The fourth-order valence-corrected chi connectivity index (χ4v) is 3.09. The number of fused-ring (bicyclic) bond motifs is 1.